The molecule has 1 saturated heterocycles. The number of hydrogen-bond acceptors (Lipinski definition) is 3. The molecule has 0 unspecified atom stereocenters. The van der Waals surface area contributed by atoms with E-state index in [1.807, 2.05) is 12.1 Å². The molecular weight excluding hydrogens is 491 g/mol. The molecule has 2 aliphatic rings. The number of rotatable bonds is 6. The van der Waals surface area contributed by atoms with Crippen LogP contribution < -0.4 is 5.32 Å². The van der Waals surface area contributed by atoms with E-state index < -0.39 is 34.5 Å². The highest BCUT2D eigenvalue weighted by Crippen LogP contribution is 2.49. The lowest BCUT2D eigenvalue weighted by atomic mass is 9.71. The first-order valence-electron chi connectivity index (χ1n) is 12.7. The fourth-order valence-electron chi connectivity index (χ4n) is 5.97. The van der Waals surface area contributed by atoms with E-state index in [2.05, 4.69) is 10.2 Å². The normalized spacial score (nSPS) is 23.8. The average molecular weight is 525 g/mol. The largest absolute Gasteiger partial charge is 0.416 e. The van der Waals surface area contributed by atoms with Gasteiger partial charge in [0, 0.05) is 12.6 Å². The predicted octanol–water partition coefficient (Wildman–Crippen LogP) is 5.79. The maximum atomic E-state index is 13.8. The second-order valence-electron chi connectivity index (χ2n) is 10.9. The summed E-state index contributed by atoms with van der Waals surface area (Å²) >= 11 is 0. The van der Waals surface area contributed by atoms with Crippen molar-refractivity contribution in [2.75, 3.05) is 13.1 Å². The molecule has 0 spiro atoms. The molecule has 0 bridgehead atoms. The number of carbonyl (C=O) groups is 1. The van der Waals surface area contributed by atoms with E-state index in [9.17, 15) is 31.9 Å². The van der Waals surface area contributed by atoms with Gasteiger partial charge in [0.15, 0.2) is 0 Å². The highest BCUT2D eigenvalue weighted by molar-refractivity contribution is 5.84. The lowest BCUT2D eigenvalue weighted by Crippen LogP contribution is -2.53. The lowest BCUT2D eigenvalue weighted by molar-refractivity contribution is -0.147. The van der Waals surface area contributed by atoms with Crippen LogP contribution in [0.2, 0.25) is 0 Å². The fourth-order valence-corrected chi connectivity index (χ4v) is 5.97. The molecule has 1 heterocycles. The van der Waals surface area contributed by atoms with Gasteiger partial charge in [0.25, 0.3) is 0 Å². The van der Waals surface area contributed by atoms with Gasteiger partial charge in [0.1, 0.15) is 11.6 Å². The van der Waals surface area contributed by atoms with Crippen LogP contribution in [-0.4, -0.2) is 40.6 Å². The van der Waals surface area contributed by atoms with Crippen LogP contribution in [0, 0.1) is 17.0 Å². The van der Waals surface area contributed by atoms with Gasteiger partial charge >= 0.3 is 6.18 Å². The molecule has 202 valence electrons. The molecular formula is C28H33F5N2O2. The zero-order chi connectivity index (χ0) is 27.0. The standard InChI is InChI=1S/C28H33F5N2O2/c1-26(2,37)27(25(36)34-17-18-13-21(28(31,32)33)15-23(30)14-18)10-7-24(16-27)35-11-8-20(9-12-35)19-3-5-22(29)6-4-19/h3-6,13-15,20,24,37H,7-12,16-17H2,1-2H3,(H,34,36)/t24-,27-/m1/s1. The number of amides is 1. The number of benzene rings is 2. The van der Waals surface area contributed by atoms with Gasteiger partial charge < -0.3 is 15.3 Å². The Morgan fingerprint density at radius 1 is 1.03 bits per heavy atom. The van der Waals surface area contributed by atoms with Crippen LogP contribution in [-0.2, 0) is 17.5 Å². The van der Waals surface area contributed by atoms with Gasteiger partial charge in [-0.1, -0.05) is 12.1 Å². The zero-order valence-corrected chi connectivity index (χ0v) is 21.0. The summed E-state index contributed by atoms with van der Waals surface area (Å²) in [5.74, 6) is -1.39. The Labute approximate surface area is 213 Å². The minimum atomic E-state index is -4.70. The maximum Gasteiger partial charge on any atom is 0.416 e. The van der Waals surface area contributed by atoms with Crippen LogP contribution in [0.1, 0.15) is 68.6 Å². The van der Waals surface area contributed by atoms with E-state index in [1.165, 1.54) is 12.1 Å². The van der Waals surface area contributed by atoms with Crippen LogP contribution in [0.15, 0.2) is 42.5 Å². The van der Waals surface area contributed by atoms with Gasteiger partial charge in [0.2, 0.25) is 5.91 Å². The third-order valence-corrected chi connectivity index (χ3v) is 8.22. The van der Waals surface area contributed by atoms with Crippen molar-refractivity contribution in [3.05, 3.63) is 70.8 Å². The number of hydrogen-bond donors (Lipinski definition) is 2. The summed E-state index contributed by atoms with van der Waals surface area (Å²) in [6, 6.07) is 8.89. The molecule has 2 atom stereocenters. The zero-order valence-electron chi connectivity index (χ0n) is 21.0. The molecule has 0 aromatic heterocycles. The fraction of sp³-hybridized carbons (Fsp3) is 0.536. The molecule has 4 nitrogen and oxygen atoms in total. The number of aliphatic hydroxyl groups is 1. The van der Waals surface area contributed by atoms with E-state index >= 15 is 0 Å². The number of nitrogens with zero attached hydrogens (tertiary/aromatic N) is 1. The van der Waals surface area contributed by atoms with Gasteiger partial charge in [-0.15, -0.1) is 0 Å². The van der Waals surface area contributed by atoms with Gasteiger partial charge in [-0.2, -0.15) is 13.2 Å². The molecule has 2 aromatic carbocycles. The molecule has 2 N–H and O–H groups in total. The number of piperidine rings is 1. The second kappa shape index (κ2) is 10.3. The van der Waals surface area contributed by atoms with Crippen molar-refractivity contribution in [3.63, 3.8) is 0 Å². The van der Waals surface area contributed by atoms with Crippen molar-refractivity contribution in [3.8, 4) is 0 Å². The Morgan fingerprint density at radius 3 is 2.27 bits per heavy atom. The Kier molecular flexibility index (Phi) is 7.68. The van der Waals surface area contributed by atoms with E-state index in [-0.39, 0.29) is 24.0 Å². The molecule has 2 aromatic rings. The molecule has 0 radical (unpaired) electrons. The van der Waals surface area contributed by atoms with E-state index in [0.717, 1.165) is 43.6 Å². The first-order chi connectivity index (χ1) is 17.3. The third kappa shape index (κ3) is 5.98. The molecule has 1 aliphatic carbocycles. The quantitative estimate of drug-likeness (QED) is 0.471. The highest BCUT2D eigenvalue weighted by Gasteiger charge is 2.55. The summed E-state index contributed by atoms with van der Waals surface area (Å²) in [6.07, 6.45) is -1.33. The molecule has 2 fully saturated rings. The highest BCUT2D eigenvalue weighted by atomic mass is 19.4. The summed E-state index contributed by atoms with van der Waals surface area (Å²) in [7, 11) is 0. The minimum absolute atomic E-state index is 0.00369. The van der Waals surface area contributed by atoms with Crippen molar-refractivity contribution < 1.29 is 31.9 Å². The number of alkyl halides is 3. The van der Waals surface area contributed by atoms with Gasteiger partial charge in [-0.3, -0.25) is 4.79 Å². The molecule has 1 aliphatic heterocycles. The summed E-state index contributed by atoms with van der Waals surface area (Å²) < 4.78 is 66.2. The van der Waals surface area contributed by atoms with Crippen molar-refractivity contribution in [1.29, 1.82) is 0 Å². The van der Waals surface area contributed by atoms with Gasteiger partial charge in [-0.05, 0) is 106 Å². The average Bonchev–Trinajstić information content (AvgIpc) is 3.30. The summed E-state index contributed by atoms with van der Waals surface area (Å²) in [5, 5.41) is 13.7. The number of carbonyl (C=O) groups excluding carboxylic acids is 1. The summed E-state index contributed by atoms with van der Waals surface area (Å²) in [5.41, 5.74) is -2.48. The van der Waals surface area contributed by atoms with E-state index in [1.54, 1.807) is 13.8 Å². The first-order valence-corrected chi connectivity index (χ1v) is 12.7. The lowest BCUT2D eigenvalue weighted by Gasteiger charge is -2.41. The van der Waals surface area contributed by atoms with E-state index in [0.29, 0.717) is 31.2 Å². The number of halogens is 5. The monoisotopic (exact) mass is 524 g/mol. The molecule has 37 heavy (non-hydrogen) atoms. The van der Waals surface area contributed by atoms with E-state index in [4.69, 9.17) is 0 Å². The Hall–Kier alpha value is -2.52. The molecule has 1 saturated carbocycles. The van der Waals surface area contributed by atoms with Crippen LogP contribution in [0.25, 0.3) is 0 Å². The van der Waals surface area contributed by atoms with Gasteiger partial charge in [0.05, 0.1) is 16.6 Å². The van der Waals surface area contributed by atoms with Crippen LogP contribution in [0.3, 0.4) is 0 Å². The molecule has 4 rings (SSSR count). The Balaban J connectivity index is 1.41. The SMILES string of the molecule is CC(C)(O)[C@]1(C(=O)NCc2cc(F)cc(C(F)(F)F)c2)CC[C@@H](N2CCC(c3ccc(F)cc3)CC2)C1. The predicted molar refractivity (Wildman–Crippen MR) is 130 cm³/mol. The van der Waals surface area contributed by atoms with Crippen molar-refractivity contribution in [2.45, 2.75) is 76.2 Å². The Morgan fingerprint density at radius 2 is 1.68 bits per heavy atom. The van der Waals surface area contributed by atoms with Crippen molar-refractivity contribution in [2.24, 2.45) is 5.41 Å². The van der Waals surface area contributed by atoms with Crippen LogP contribution in [0.5, 0.6) is 0 Å². The van der Waals surface area contributed by atoms with Crippen molar-refractivity contribution in [1.82, 2.24) is 10.2 Å². The topological polar surface area (TPSA) is 52.6 Å². The first kappa shape index (κ1) is 27.5. The third-order valence-electron chi connectivity index (χ3n) is 8.22. The second-order valence-corrected chi connectivity index (χ2v) is 10.9. The number of likely N-dealkylation sites (tertiary alicyclic amines) is 1. The van der Waals surface area contributed by atoms with Crippen LogP contribution in [0.4, 0.5) is 22.0 Å². The minimum Gasteiger partial charge on any atom is -0.389 e. The summed E-state index contributed by atoms with van der Waals surface area (Å²) in [4.78, 5) is 15.7. The summed E-state index contributed by atoms with van der Waals surface area (Å²) in [6.45, 7) is 4.53. The molecule has 1 amide bonds. The van der Waals surface area contributed by atoms with Crippen molar-refractivity contribution >= 4 is 5.91 Å². The van der Waals surface area contributed by atoms with Crippen LogP contribution >= 0.6 is 0 Å². The number of nitrogens with one attached hydrogen (secondary N) is 1. The van der Waals surface area contributed by atoms with Gasteiger partial charge in [-0.25, -0.2) is 8.78 Å². The smallest absolute Gasteiger partial charge is 0.389 e. The molecule has 9 heteroatoms. The maximum absolute atomic E-state index is 13.8. The Bertz CT molecular complexity index is 1110.